The molecule has 0 spiro atoms. The zero-order valence-electron chi connectivity index (χ0n) is 9.62. The lowest BCUT2D eigenvalue weighted by Gasteiger charge is -2.30. The van der Waals surface area contributed by atoms with Crippen molar-refractivity contribution >= 4 is 10.0 Å². The monoisotopic (exact) mass is 255 g/mol. The second kappa shape index (κ2) is 5.16. The molecule has 1 aromatic carbocycles. The maximum Gasteiger partial charge on any atom is 0.243 e. The highest BCUT2D eigenvalue weighted by molar-refractivity contribution is 7.89. The Kier molecular flexibility index (Phi) is 3.81. The lowest BCUT2D eigenvalue weighted by Crippen LogP contribution is -2.40. The minimum absolute atomic E-state index is 0.0564. The Morgan fingerprint density at radius 2 is 2.00 bits per heavy atom. The van der Waals surface area contributed by atoms with Crippen LogP contribution in [0.2, 0.25) is 0 Å². The van der Waals surface area contributed by atoms with Crippen molar-refractivity contribution in [2.75, 3.05) is 19.7 Å². The highest BCUT2D eigenvalue weighted by Gasteiger charge is 2.29. The zero-order valence-corrected chi connectivity index (χ0v) is 10.4. The molecule has 94 valence electrons. The predicted molar refractivity (Wildman–Crippen MR) is 65.0 cm³/mol. The van der Waals surface area contributed by atoms with E-state index >= 15 is 0 Å². The van der Waals surface area contributed by atoms with Crippen molar-refractivity contribution in [3.63, 3.8) is 0 Å². The number of rotatable bonds is 3. The largest absolute Gasteiger partial charge is 0.396 e. The highest BCUT2D eigenvalue weighted by atomic mass is 32.2. The van der Waals surface area contributed by atoms with Gasteiger partial charge in [-0.3, -0.25) is 0 Å². The van der Waals surface area contributed by atoms with Crippen LogP contribution in [0.1, 0.15) is 12.8 Å². The summed E-state index contributed by atoms with van der Waals surface area (Å²) in [6.07, 6.45) is 1.72. The fourth-order valence-electron chi connectivity index (χ4n) is 2.14. The fourth-order valence-corrected chi connectivity index (χ4v) is 3.71. The Bertz CT molecular complexity index is 458. The summed E-state index contributed by atoms with van der Waals surface area (Å²) in [6.45, 7) is 1.03. The van der Waals surface area contributed by atoms with Gasteiger partial charge in [0.15, 0.2) is 0 Å². The second-order valence-corrected chi connectivity index (χ2v) is 6.30. The van der Waals surface area contributed by atoms with Crippen LogP contribution in [0.25, 0.3) is 0 Å². The molecule has 1 heterocycles. The van der Waals surface area contributed by atoms with Crippen molar-refractivity contribution in [2.24, 2.45) is 5.92 Å². The van der Waals surface area contributed by atoms with Gasteiger partial charge in [-0.15, -0.1) is 0 Å². The van der Waals surface area contributed by atoms with E-state index in [1.807, 2.05) is 0 Å². The molecule has 0 saturated carbocycles. The Labute approximate surface area is 102 Å². The smallest absolute Gasteiger partial charge is 0.243 e. The van der Waals surface area contributed by atoms with Crippen LogP contribution in [0.3, 0.4) is 0 Å². The number of hydrogen-bond donors (Lipinski definition) is 1. The molecule has 0 bridgehead atoms. The molecule has 1 aromatic rings. The predicted octanol–water partition coefficient (Wildman–Crippen LogP) is 1.08. The summed E-state index contributed by atoms with van der Waals surface area (Å²) in [5, 5.41) is 9.12. The molecule has 1 N–H and O–H groups in total. The first-order valence-electron chi connectivity index (χ1n) is 5.80. The number of nitrogens with zero attached hydrogens (tertiary/aromatic N) is 1. The number of aliphatic hydroxyl groups excluding tert-OH is 1. The van der Waals surface area contributed by atoms with E-state index in [1.54, 1.807) is 30.3 Å². The molecule has 5 heteroatoms. The van der Waals surface area contributed by atoms with Gasteiger partial charge >= 0.3 is 0 Å². The summed E-state index contributed by atoms with van der Waals surface area (Å²) in [6, 6.07) is 8.46. The van der Waals surface area contributed by atoms with E-state index in [-0.39, 0.29) is 12.5 Å². The molecule has 1 fully saturated rings. The van der Waals surface area contributed by atoms with E-state index in [0.29, 0.717) is 18.0 Å². The van der Waals surface area contributed by atoms with Crippen molar-refractivity contribution < 1.29 is 13.5 Å². The van der Waals surface area contributed by atoms with Gasteiger partial charge in [0, 0.05) is 19.7 Å². The molecule has 1 aliphatic rings. The molecule has 0 aromatic heterocycles. The molecule has 2 rings (SSSR count). The average molecular weight is 255 g/mol. The van der Waals surface area contributed by atoms with Gasteiger partial charge in [0.05, 0.1) is 4.90 Å². The Hall–Kier alpha value is -0.910. The third-order valence-electron chi connectivity index (χ3n) is 3.12. The van der Waals surface area contributed by atoms with E-state index in [9.17, 15) is 8.42 Å². The van der Waals surface area contributed by atoms with Gasteiger partial charge in [-0.1, -0.05) is 18.2 Å². The van der Waals surface area contributed by atoms with Gasteiger partial charge in [0.1, 0.15) is 0 Å². The van der Waals surface area contributed by atoms with Crippen LogP contribution < -0.4 is 0 Å². The molecular formula is C12H17NO3S. The van der Waals surface area contributed by atoms with Gasteiger partial charge in [-0.05, 0) is 30.9 Å². The maximum atomic E-state index is 12.3. The van der Waals surface area contributed by atoms with Gasteiger partial charge in [-0.2, -0.15) is 4.31 Å². The van der Waals surface area contributed by atoms with E-state index < -0.39 is 10.0 Å². The lowest BCUT2D eigenvalue weighted by atomic mass is 10.0. The molecule has 0 aliphatic carbocycles. The number of piperidine rings is 1. The van der Waals surface area contributed by atoms with Crippen LogP contribution in [0.5, 0.6) is 0 Å². The van der Waals surface area contributed by atoms with Crippen LogP contribution in [0.15, 0.2) is 35.2 Å². The molecule has 4 nitrogen and oxygen atoms in total. The quantitative estimate of drug-likeness (QED) is 0.879. The SMILES string of the molecule is O=S(=O)(c1ccccc1)N1CCCC(CO)C1. The molecular weight excluding hydrogens is 238 g/mol. The standard InChI is InChI=1S/C12H17NO3S/c14-10-11-5-4-8-13(9-11)17(15,16)12-6-2-1-3-7-12/h1-3,6-7,11,14H,4-5,8-10H2. The Balaban J connectivity index is 2.21. The first-order chi connectivity index (χ1) is 8.14. The summed E-state index contributed by atoms with van der Waals surface area (Å²) in [5.41, 5.74) is 0. The van der Waals surface area contributed by atoms with Crippen molar-refractivity contribution in [3.8, 4) is 0 Å². The summed E-state index contributed by atoms with van der Waals surface area (Å²) >= 11 is 0. The number of hydrogen-bond acceptors (Lipinski definition) is 3. The maximum absolute atomic E-state index is 12.3. The molecule has 1 saturated heterocycles. The van der Waals surface area contributed by atoms with E-state index in [1.165, 1.54) is 4.31 Å². The van der Waals surface area contributed by atoms with Crippen LogP contribution in [-0.2, 0) is 10.0 Å². The molecule has 0 amide bonds. The minimum Gasteiger partial charge on any atom is -0.396 e. The highest BCUT2D eigenvalue weighted by Crippen LogP contribution is 2.23. The molecule has 1 aliphatic heterocycles. The third-order valence-corrected chi connectivity index (χ3v) is 5.00. The summed E-state index contributed by atoms with van der Waals surface area (Å²) < 4.78 is 26.1. The summed E-state index contributed by atoms with van der Waals surface area (Å²) in [4.78, 5) is 0.332. The molecule has 1 unspecified atom stereocenters. The number of aliphatic hydroxyl groups is 1. The van der Waals surface area contributed by atoms with Crippen molar-refractivity contribution in [2.45, 2.75) is 17.7 Å². The minimum atomic E-state index is -3.38. The normalized spacial score (nSPS) is 22.5. The number of sulfonamides is 1. The van der Waals surface area contributed by atoms with E-state index in [2.05, 4.69) is 0 Å². The van der Waals surface area contributed by atoms with Gasteiger partial charge in [-0.25, -0.2) is 8.42 Å². The van der Waals surface area contributed by atoms with Crippen LogP contribution in [-0.4, -0.2) is 37.5 Å². The summed E-state index contributed by atoms with van der Waals surface area (Å²) in [5.74, 6) is 0.0715. The Morgan fingerprint density at radius 1 is 1.29 bits per heavy atom. The van der Waals surface area contributed by atoms with Crippen LogP contribution in [0, 0.1) is 5.92 Å². The molecule has 0 radical (unpaired) electrons. The first-order valence-corrected chi connectivity index (χ1v) is 7.24. The van der Waals surface area contributed by atoms with Crippen molar-refractivity contribution in [1.82, 2.24) is 4.31 Å². The van der Waals surface area contributed by atoms with Crippen molar-refractivity contribution in [1.29, 1.82) is 0 Å². The lowest BCUT2D eigenvalue weighted by molar-refractivity contribution is 0.165. The van der Waals surface area contributed by atoms with Crippen LogP contribution >= 0.6 is 0 Å². The number of benzene rings is 1. The summed E-state index contributed by atoms with van der Waals surface area (Å²) in [7, 11) is -3.38. The van der Waals surface area contributed by atoms with E-state index in [4.69, 9.17) is 5.11 Å². The van der Waals surface area contributed by atoms with Gasteiger partial charge in [0.2, 0.25) is 10.0 Å². The van der Waals surface area contributed by atoms with Crippen molar-refractivity contribution in [3.05, 3.63) is 30.3 Å². The first kappa shape index (κ1) is 12.5. The topological polar surface area (TPSA) is 57.6 Å². The molecule has 1 atom stereocenters. The fraction of sp³-hybridized carbons (Fsp3) is 0.500. The van der Waals surface area contributed by atoms with Gasteiger partial charge < -0.3 is 5.11 Å². The van der Waals surface area contributed by atoms with Gasteiger partial charge in [0.25, 0.3) is 0 Å². The molecule has 17 heavy (non-hydrogen) atoms. The Morgan fingerprint density at radius 3 is 2.65 bits per heavy atom. The second-order valence-electron chi connectivity index (χ2n) is 4.37. The third kappa shape index (κ3) is 2.68. The van der Waals surface area contributed by atoms with E-state index in [0.717, 1.165) is 12.8 Å². The van der Waals surface area contributed by atoms with Crippen LogP contribution in [0.4, 0.5) is 0 Å². The zero-order chi connectivity index (χ0) is 12.3. The average Bonchev–Trinajstić information content (AvgIpc) is 2.40.